The molecular weight excluding hydrogens is 210 g/mol. The van der Waals surface area contributed by atoms with E-state index in [1.165, 1.54) is 18.2 Å². The predicted octanol–water partition coefficient (Wildman–Crippen LogP) is 3.33. The van der Waals surface area contributed by atoms with Crippen LogP contribution in [0.15, 0.2) is 42.5 Å². The molecule has 2 rings (SSSR count). The van der Waals surface area contributed by atoms with Crippen molar-refractivity contribution in [3.63, 3.8) is 0 Å². The number of ether oxygens (including phenoxy) is 1. The smallest absolute Gasteiger partial charge is 0.233 e. The summed E-state index contributed by atoms with van der Waals surface area (Å²) >= 11 is 0. The molecule has 3 heteroatoms. The van der Waals surface area contributed by atoms with E-state index in [2.05, 4.69) is 6.08 Å². The van der Waals surface area contributed by atoms with Gasteiger partial charge in [0.15, 0.2) is 0 Å². The fraction of sp³-hybridized carbons (Fsp3) is 0.231. The van der Waals surface area contributed by atoms with Gasteiger partial charge in [-0.25, -0.2) is 8.78 Å². The molecule has 83 valence electrons. The number of halogens is 2. The van der Waals surface area contributed by atoms with Crippen LogP contribution in [0.5, 0.6) is 0 Å². The highest BCUT2D eigenvalue weighted by atomic mass is 19.2. The van der Waals surface area contributed by atoms with Crippen molar-refractivity contribution in [1.29, 1.82) is 0 Å². The van der Waals surface area contributed by atoms with E-state index in [0.717, 1.165) is 0 Å². The highest BCUT2D eigenvalue weighted by molar-refractivity contribution is 5.17. The van der Waals surface area contributed by atoms with E-state index < -0.39 is 5.85 Å². The van der Waals surface area contributed by atoms with E-state index in [1.807, 2.05) is 0 Å². The number of alkyl halides is 1. The third-order valence-corrected chi connectivity index (χ3v) is 2.33. The van der Waals surface area contributed by atoms with Gasteiger partial charge in [-0.15, -0.1) is 0 Å². The summed E-state index contributed by atoms with van der Waals surface area (Å²) in [6.45, 7) is -0.0881. The Morgan fingerprint density at radius 2 is 2.19 bits per heavy atom. The van der Waals surface area contributed by atoms with Gasteiger partial charge >= 0.3 is 0 Å². The lowest BCUT2D eigenvalue weighted by molar-refractivity contribution is -0.116. The first-order chi connectivity index (χ1) is 7.70. The van der Waals surface area contributed by atoms with Crippen molar-refractivity contribution >= 4 is 0 Å². The first-order valence-electron chi connectivity index (χ1n) is 5.00. The SMILES string of the molecule is Fc1ccccc1COC1(F)C=CC=[C]C1. The summed E-state index contributed by atoms with van der Waals surface area (Å²) in [7, 11) is 0. The summed E-state index contributed by atoms with van der Waals surface area (Å²) in [5.74, 6) is -2.25. The van der Waals surface area contributed by atoms with Crippen molar-refractivity contribution in [2.75, 3.05) is 0 Å². The molecule has 0 saturated carbocycles. The summed E-state index contributed by atoms with van der Waals surface area (Å²) in [5.41, 5.74) is 0.350. The van der Waals surface area contributed by atoms with Gasteiger partial charge in [0.25, 0.3) is 0 Å². The van der Waals surface area contributed by atoms with Gasteiger partial charge in [0, 0.05) is 12.0 Å². The normalized spacial score (nSPS) is 23.6. The van der Waals surface area contributed by atoms with Gasteiger partial charge in [-0.2, -0.15) is 0 Å². The molecule has 0 aromatic heterocycles. The van der Waals surface area contributed by atoms with Crippen LogP contribution in [0.1, 0.15) is 12.0 Å². The van der Waals surface area contributed by atoms with E-state index >= 15 is 0 Å². The molecule has 16 heavy (non-hydrogen) atoms. The van der Waals surface area contributed by atoms with Crippen molar-refractivity contribution in [2.45, 2.75) is 18.9 Å². The molecule has 0 amide bonds. The van der Waals surface area contributed by atoms with Crippen molar-refractivity contribution in [3.05, 3.63) is 60.0 Å². The Morgan fingerprint density at radius 3 is 2.88 bits per heavy atom. The monoisotopic (exact) mass is 221 g/mol. The molecule has 1 atom stereocenters. The molecule has 1 aromatic carbocycles. The number of hydrogen-bond donors (Lipinski definition) is 0. The van der Waals surface area contributed by atoms with Crippen molar-refractivity contribution < 1.29 is 13.5 Å². The van der Waals surface area contributed by atoms with Crippen LogP contribution in [0.25, 0.3) is 0 Å². The third kappa shape index (κ3) is 2.55. The van der Waals surface area contributed by atoms with Crippen LogP contribution in [-0.2, 0) is 11.3 Å². The second-order valence-electron chi connectivity index (χ2n) is 3.57. The molecule has 1 nitrogen and oxygen atoms in total. The van der Waals surface area contributed by atoms with Crippen molar-refractivity contribution in [1.82, 2.24) is 0 Å². The van der Waals surface area contributed by atoms with Gasteiger partial charge < -0.3 is 4.74 Å². The van der Waals surface area contributed by atoms with E-state index in [0.29, 0.717) is 5.56 Å². The van der Waals surface area contributed by atoms with Crippen LogP contribution in [0.2, 0.25) is 0 Å². The lowest BCUT2D eigenvalue weighted by Crippen LogP contribution is -2.24. The molecule has 1 aliphatic rings. The maximum absolute atomic E-state index is 13.9. The molecule has 0 N–H and O–H groups in total. The van der Waals surface area contributed by atoms with E-state index in [9.17, 15) is 8.78 Å². The first-order valence-corrected chi connectivity index (χ1v) is 5.00. The summed E-state index contributed by atoms with van der Waals surface area (Å²) < 4.78 is 32.2. The largest absolute Gasteiger partial charge is 0.337 e. The zero-order valence-corrected chi connectivity index (χ0v) is 8.62. The minimum Gasteiger partial charge on any atom is -0.337 e. The Hall–Kier alpha value is -1.48. The summed E-state index contributed by atoms with van der Waals surface area (Å²) in [6, 6.07) is 6.17. The maximum atomic E-state index is 13.9. The third-order valence-electron chi connectivity index (χ3n) is 2.33. The molecule has 0 saturated heterocycles. The van der Waals surface area contributed by atoms with Gasteiger partial charge in [0.05, 0.1) is 6.61 Å². The quantitative estimate of drug-likeness (QED) is 0.760. The minimum atomic E-state index is -1.86. The molecule has 0 heterocycles. The number of benzene rings is 1. The average Bonchev–Trinajstić information content (AvgIpc) is 2.29. The molecule has 1 radical (unpaired) electrons. The Labute approximate surface area is 93.0 Å². The first kappa shape index (κ1) is 11.0. The maximum Gasteiger partial charge on any atom is 0.233 e. The van der Waals surface area contributed by atoms with E-state index in [1.54, 1.807) is 24.3 Å². The molecule has 0 spiro atoms. The minimum absolute atomic E-state index is 0.0396. The van der Waals surface area contributed by atoms with Gasteiger partial charge in [-0.3, -0.25) is 0 Å². The molecule has 0 aliphatic heterocycles. The molecule has 0 bridgehead atoms. The number of rotatable bonds is 3. The summed E-state index contributed by atoms with van der Waals surface area (Å²) in [5, 5.41) is 0. The van der Waals surface area contributed by atoms with Crippen LogP contribution in [-0.4, -0.2) is 5.85 Å². The van der Waals surface area contributed by atoms with Crippen LogP contribution in [0.4, 0.5) is 8.78 Å². The molecule has 0 fully saturated rings. The lowest BCUT2D eigenvalue weighted by atomic mass is 10.1. The predicted molar refractivity (Wildman–Crippen MR) is 56.6 cm³/mol. The Kier molecular flexibility index (Phi) is 3.15. The fourth-order valence-corrected chi connectivity index (χ4v) is 1.43. The zero-order chi connectivity index (χ0) is 11.4. The molecule has 1 aliphatic carbocycles. The summed E-state index contributed by atoms with van der Waals surface area (Å²) in [6.07, 6.45) is 7.23. The Morgan fingerprint density at radius 1 is 1.38 bits per heavy atom. The molecule has 1 unspecified atom stereocenters. The van der Waals surface area contributed by atoms with Crippen LogP contribution >= 0.6 is 0 Å². The highest BCUT2D eigenvalue weighted by Crippen LogP contribution is 2.25. The fourth-order valence-electron chi connectivity index (χ4n) is 1.43. The van der Waals surface area contributed by atoms with Gasteiger partial charge in [0.1, 0.15) is 5.82 Å². The summed E-state index contributed by atoms with van der Waals surface area (Å²) in [4.78, 5) is 0. The molecular formula is C13H11F2O. The van der Waals surface area contributed by atoms with Crippen molar-refractivity contribution in [2.24, 2.45) is 0 Å². The number of allylic oxidation sites excluding steroid dienone is 2. The van der Waals surface area contributed by atoms with Crippen LogP contribution in [0.3, 0.4) is 0 Å². The standard InChI is InChI=1S/C13H11F2O/c14-12-7-3-2-6-11(12)10-16-13(15)8-4-1-5-9-13/h1-4,6-8H,9-10H2. The van der Waals surface area contributed by atoms with Crippen LogP contribution < -0.4 is 0 Å². The highest BCUT2D eigenvalue weighted by Gasteiger charge is 2.27. The van der Waals surface area contributed by atoms with E-state index in [-0.39, 0.29) is 18.8 Å². The van der Waals surface area contributed by atoms with Crippen LogP contribution in [0, 0.1) is 11.9 Å². The second-order valence-corrected chi connectivity index (χ2v) is 3.57. The van der Waals surface area contributed by atoms with Gasteiger partial charge in [0.2, 0.25) is 5.85 Å². The second kappa shape index (κ2) is 4.58. The average molecular weight is 221 g/mol. The van der Waals surface area contributed by atoms with Gasteiger partial charge in [-0.1, -0.05) is 30.4 Å². The zero-order valence-electron chi connectivity index (χ0n) is 8.62. The lowest BCUT2D eigenvalue weighted by Gasteiger charge is -2.22. The van der Waals surface area contributed by atoms with Crippen molar-refractivity contribution in [3.8, 4) is 0 Å². The Balaban J connectivity index is 2.00. The molecule has 1 aromatic rings. The Bertz CT molecular complexity index is 426. The van der Waals surface area contributed by atoms with Gasteiger partial charge in [-0.05, 0) is 18.2 Å². The van der Waals surface area contributed by atoms with E-state index in [4.69, 9.17) is 4.74 Å². The topological polar surface area (TPSA) is 9.23 Å². The number of hydrogen-bond acceptors (Lipinski definition) is 1.